The van der Waals surface area contributed by atoms with Gasteiger partial charge in [0.15, 0.2) is 0 Å². The summed E-state index contributed by atoms with van der Waals surface area (Å²) in [5, 5.41) is 8.00. The highest BCUT2D eigenvalue weighted by Gasteiger charge is 2.34. The molecule has 1 aliphatic rings. The number of aromatic nitrogens is 2. The largest absolute Gasteiger partial charge is 0.481 e. The van der Waals surface area contributed by atoms with Crippen LogP contribution in [0.2, 0.25) is 0 Å². The first-order chi connectivity index (χ1) is 9.54. The van der Waals surface area contributed by atoms with Crippen LogP contribution in [0, 0.1) is 18.8 Å². The van der Waals surface area contributed by atoms with Gasteiger partial charge in [-0.2, -0.15) is 5.10 Å². The van der Waals surface area contributed by atoms with Gasteiger partial charge < -0.3 is 14.8 Å². The molecule has 114 valence electrons. The second-order valence-corrected chi connectivity index (χ2v) is 6.02. The van der Waals surface area contributed by atoms with Gasteiger partial charge in [0.25, 0.3) is 0 Å². The van der Waals surface area contributed by atoms with E-state index in [9.17, 15) is 0 Å². The van der Waals surface area contributed by atoms with Gasteiger partial charge >= 0.3 is 0 Å². The number of ether oxygens (including phenoxy) is 2. The predicted molar refractivity (Wildman–Crippen MR) is 79.0 cm³/mol. The molecule has 5 heteroatoms. The maximum Gasteiger partial charge on any atom is 0.217 e. The summed E-state index contributed by atoms with van der Waals surface area (Å²) in [6.45, 7) is 9.33. The van der Waals surface area contributed by atoms with E-state index in [0.717, 1.165) is 43.3 Å². The topological polar surface area (TPSA) is 48.3 Å². The third-order valence-corrected chi connectivity index (χ3v) is 3.87. The molecule has 0 aromatic carbocycles. The molecule has 1 N–H and O–H groups in total. The highest BCUT2D eigenvalue weighted by Crippen LogP contribution is 2.40. The second kappa shape index (κ2) is 6.59. The van der Waals surface area contributed by atoms with Crippen LogP contribution in [0.15, 0.2) is 0 Å². The van der Waals surface area contributed by atoms with Crippen LogP contribution >= 0.6 is 0 Å². The highest BCUT2D eigenvalue weighted by atomic mass is 16.5. The van der Waals surface area contributed by atoms with Crippen LogP contribution in [-0.4, -0.2) is 36.6 Å². The molecule has 0 aliphatic carbocycles. The van der Waals surface area contributed by atoms with Crippen LogP contribution in [0.1, 0.15) is 37.6 Å². The van der Waals surface area contributed by atoms with Gasteiger partial charge in [-0.05, 0) is 25.8 Å². The standard InChI is InChI=1S/C15H27N3O2/c1-10(2)8-16-9-12-6-7-20-14(12)13-11(3)17-18(4)15(13)19-5/h10,12,14,16H,6-9H2,1-5H3. The van der Waals surface area contributed by atoms with E-state index in [0.29, 0.717) is 11.8 Å². The monoisotopic (exact) mass is 281 g/mol. The van der Waals surface area contributed by atoms with Crippen LogP contribution in [0.3, 0.4) is 0 Å². The summed E-state index contributed by atoms with van der Waals surface area (Å²) >= 11 is 0. The molecular weight excluding hydrogens is 254 g/mol. The van der Waals surface area contributed by atoms with Crippen molar-refractivity contribution < 1.29 is 9.47 Å². The van der Waals surface area contributed by atoms with Gasteiger partial charge in [0.1, 0.15) is 0 Å². The fourth-order valence-corrected chi connectivity index (χ4v) is 2.94. The average molecular weight is 281 g/mol. The number of hydrogen-bond donors (Lipinski definition) is 1. The van der Waals surface area contributed by atoms with E-state index in [-0.39, 0.29) is 6.10 Å². The Bertz CT molecular complexity index is 443. The smallest absolute Gasteiger partial charge is 0.217 e. The zero-order valence-corrected chi connectivity index (χ0v) is 13.3. The number of aryl methyl sites for hydroxylation is 2. The van der Waals surface area contributed by atoms with Crippen molar-refractivity contribution in [1.29, 1.82) is 0 Å². The summed E-state index contributed by atoms with van der Waals surface area (Å²) in [5.74, 6) is 1.99. The molecule has 1 aromatic heterocycles. The van der Waals surface area contributed by atoms with E-state index in [1.165, 1.54) is 0 Å². The molecule has 0 saturated carbocycles. The Kier molecular flexibility index (Phi) is 5.05. The van der Waals surface area contributed by atoms with Crippen LogP contribution in [0.25, 0.3) is 0 Å². The van der Waals surface area contributed by atoms with Crippen molar-refractivity contribution in [3.8, 4) is 5.88 Å². The first kappa shape index (κ1) is 15.3. The molecule has 2 atom stereocenters. The minimum Gasteiger partial charge on any atom is -0.481 e. The van der Waals surface area contributed by atoms with E-state index >= 15 is 0 Å². The third kappa shape index (κ3) is 3.15. The molecule has 2 rings (SSSR count). The van der Waals surface area contributed by atoms with Crippen LogP contribution in [-0.2, 0) is 11.8 Å². The van der Waals surface area contributed by atoms with Crippen LogP contribution in [0.5, 0.6) is 5.88 Å². The Morgan fingerprint density at radius 1 is 1.50 bits per heavy atom. The summed E-state index contributed by atoms with van der Waals surface area (Å²) in [6, 6.07) is 0. The van der Waals surface area contributed by atoms with Gasteiger partial charge in [0, 0.05) is 26.1 Å². The number of methoxy groups -OCH3 is 1. The summed E-state index contributed by atoms with van der Waals surface area (Å²) in [7, 11) is 3.61. The zero-order valence-electron chi connectivity index (χ0n) is 13.3. The summed E-state index contributed by atoms with van der Waals surface area (Å²) in [4.78, 5) is 0. The molecule has 1 aliphatic heterocycles. The Morgan fingerprint density at radius 3 is 2.90 bits per heavy atom. The molecule has 2 heterocycles. The van der Waals surface area contributed by atoms with E-state index in [4.69, 9.17) is 9.47 Å². The first-order valence-corrected chi connectivity index (χ1v) is 7.44. The first-order valence-electron chi connectivity index (χ1n) is 7.44. The molecule has 20 heavy (non-hydrogen) atoms. The predicted octanol–water partition coefficient (Wildman–Crippen LogP) is 2.06. The minimum absolute atomic E-state index is 0.0957. The van der Waals surface area contributed by atoms with Gasteiger partial charge in [-0.1, -0.05) is 13.8 Å². The van der Waals surface area contributed by atoms with E-state index < -0.39 is 0 Å². The Hall–Kier alpha value is -1.07. The summed E-state index contributed by atoms with van der Waals surface area (Å²) < 4.78 is 13.3. The quantitative estimate of drug-likeness (QED) is 0.867. The lowest BCUT2D eigenvalue weighted by atomic mass is 9.95. The van der Waals surface area contributed by atoms with Crippen molar-refractivity contribution in [3.63, 3.8) is 0 Å². The molecule has 0 bridgehead atoms. The average Bonchev–Trinajstić information content (AvgIpc) is 2.92. The molecule has 1 fully saturated rings. The highest BCUT2D eigenvalue weighted by molar-refractivity contribution is 5.34. The van der Waals surface area contributed by atoms with Crippen molar-refractivity contribution in [2.75, 3.05) is 26.8 Å². The molecule has 1 aromatic rings. The van der Waals surface area contributed by atoms with Gasteiger partial charge in [-0.15, -0.1) is 0 Å². The number of nitrogens with one attached hydrogen (secondary N) is 1. The molecule has 5 nitrogen and oxygen atoms in total. The number of nitrogens with zero attached hydrogens (tertiary/aromatic N) is 2. The number of rotatable bonds is 6. The molecule has 1 saturated heterocycles. The second-order valence-electron chi connectivity index (χ2n) is 6.02. The maximum absolute atomic E-state index is 5.97. The van der Waals surface area contributed by atoms with Gasteiger partial charge in [0.05, 0.1) is 24.5 Å². The zero-order chi connectivity index (χ0) is 14.7. The van der Waals surface area contributed by atoms with Crippen molar-refractivity contribution in [3.05, 3.63) is 11.3 Å². The van der Waals surface area contributed by atoms with E-state index in [1.807, 2.05) is 14.0 Å². The fraction of sp³-hybridized carbons (Fsp3) is 0.800. The van der Waals surface area contributed by atoms with Crippen molar-refractivity contribution in [1.82, 2.24) is 15.1 Å². The van der Waals surface area contributed by atoms with E-state index in [2.05, 4.69) is 24.3 Å². The lowest BCUT2D eigenvalue weighted by molar-refractivity contribution is 0.0873. The van der Waals surface area contributed by atoms with Crippen molar-refractivity contribution >= 4 is 0 Å². The SMILES string of the molecule is COc1c(C2OCCC2CNCC(C)C)c(C)nn1C. The third-order valence-electron chi connectivity index (χ3n) is 3.87. The Labute approximate surface area is 121 Å². The fourth-order valence-electron chi connectivity index (χ4n) is 2.94. The normalized spacial score (nSPS) is 22.7. The minimum atomic E-state index is 0.0957. The molecule has 0 spiro atoms. The Morgan fingerprint density at radius 2 is 2.25 bits per heavy atom. The lowest BCUT2D eigenvalue weighted by Gasteiger charge is -2.20. The molecule has 2 unspecified atom stereocenters. The Balaban J connectivity index is 2.10. The van der Waals surface area contributed by atoms with Gasteiger partial charge in [-0.3, -0.25) is 0 Å². The molecule has 0 amide bonds. The van der Waals surface area contributed by atoms with Crippen LogP contribution < -0.4 is 10.1 Å². The van der Waals surface area contributed by atoms with Gasteiger partial charge in [0.2, 0.25) is 5.88 Å². The van der Waals surface area contributed by atoms with Gasteiger partial charge in [-0.25, -0.2) is 4.68 Å². The maximum atomic E-state index is 5.97. The van der Waals surface area contributed by atoms with Crippen molar-refractivity contribution in [2.24, 2.45) is 18.9 Å². The summed E-state index contributed by atoms with van der Waals surface area (Å²) in [6.07, 6.45) is 1.19. The number of hydrogen-bond acceptors (Lipinski definition) is 4. The van der Waals surface area contributed by atoms with E-state index in [1.54, 1.807) is 11.8 Å². The lowest BCUT2D eigenvalue weighted by Crippen LogP contribution is -2.28. The summed E-state index contributed by atoms with van der Waals surface area (Å²) in [5.41, 5.74) is 2.12. The molecular formula is C15H27N3O2. The molecule has 0 radical (unpaired) electrons. The van der Waals surface area contributed by atoms with Crippen molar-refractivity contribution in [2.45, 2.75) is 33.3 Å². The van der Waals surface area contributed by atoms with Crippen LogP contribution in [0.4, 0.5) is 0 Å².